The highest BCUT2D eigenvalue weighted by molar-refractivity contribution is 6.31. The quantitative estimate of drug-likeness (QED) is 0.759. The molecule has 0 radical (unpaired) electrons. The van der Waals surface area contributed by atoms with Crippen molar-refractivity contribution >= 4 is 11.6 Å². The first-order valence-electron chi connectivity index (χ1n) is 6.84. The number of rotatable bonds is 7. The first-order chi connectivity index (χ1) is 8.76. The average Bonchev–Trinajstić information content (AvgIpc) is 2.33. The summed E-state index contributed by atoms with van der Waals surface area (Å²) in [4.78, 5) is 0. The predicted molar refractivity (Wildman–Crippen MR) is 76.0 cm³/mol. The third kappa shape index (κ3) is 3.47. The molecule has 1 fully saturated rings. The van der Waals surface area contributed by atoms with Gasteiger partial charge in [0.2, 0.25) is 0 Å². The van der Waals surface area contributed by atoms with E-state index in [9.17, 15) is 0 Å². The fraction of sp³-hybridized carbons (Fsp3) is 0.600. The van der Waals surface area contributed by atoms with Crippen LogP contribution >= 0.6 is 11.6 Å². The van der Waals surface area contributed by atoms with E-state index in [1.165, 1.54) is 19.3 Å². The smallest absolute Gasteiger partial charge is 0.0738 e. The van der Waals surface area contributed by atoms with Gasteiger partial charge < -0.3 is 10.1 Å². The molecule has 0 heterocycles. The van der Waals surface area contributed by atoms with E-state index in [1.54, 1.807) is 0 Å². The fourth-order valence-corrected chi connectivity index (χ4v) is 2.57. The van der Waals surface area contributed by atoms with Crippen molar-refractivity contribution in [2.75, 3.05) is 13.1 Å². The molecule has 100 valence electrons. The lowest BCUT2D eigenvalue weighted by atomic mass is 9.77. The van der Waals surface area contributed by atoms with E-state index in [0.29, 0.717) is 6.61 Å². The van der Waals surface area contributed by atoms with Gasteiger partial charge in [-0.1, -0.05) is 36.7 Å². The van der Waals surface area contributed by atoms with Crippen molar-refractivity contribution < 1.29 is 4.74 Å². The van der Waals surface area contributed by atoms with Crippen LogP contribution < -0.4 is 5.32 Å². The van der Waals surface area contributed by atoms with Gasteiger partial charge in [-0.3, -0.25) is 0 Å². The Morgan fingerprint density at radius 3 is 2.72 bits per heavy atom. The molecule has 0 atom stereocenters. The molecule has 1 saturated carbocycles. The summed E-state index contributed by atoms with van der Waals surface area (Å²) in [5.41, 5.74) is 1.19. The maximum absolute atomic E-state index is 6.15. The predicted octanol–water partition coefficient (Wildman–Crippen LogP) is 3.78. The van der Waals surface area contributed by atoms with Crippen LogP contribution in [0.1, 0.15) is 38.2 Å². The number of ether oxygens (including phenoxy) is 1. The summed E-state index contributed by atoms with van der Waals surface area (Å²) >= 11 is 6.15. The number of hydrogen-bond acceptors (Lipinski definition) is 2. The minimum atomic E-state index is 0.0986. The van der Waals surface area contributed by atoms with Crippen molar-refractivity contribution in [1.82, 2.24) is 5.32 Å². The molecule has 1 aromatic carbocycles. The maximum Gasteiger partial charge on any atom is 0.0738 e. The number of benzene rings is 1. The van der Waals surface area contributed by atoms with Crippen molar-refractivity contribution in [2.24, 2.45) is 0 Å². The maximum atomic E-state index is 6.15. The van der Waals surface area contributed by atoms with Crippen molar-refractivity contribution in [2.45, 2.75) is 44.8 Å². The zero-order chi connectivity index (χ0) is 12.8. The van der Waals surface area contributed by atoms with Crippen molar-refractivity contribution in [3.05, 3.63) is 34.9 Å². The Kier molecular flexibility index (Phi) is 5.04. The molecule has 0 bridgehead atoms. The molecule has 0 spiro atoms. The lowest BCUT2D eigenvalue weighted by Crippen LogP contribution is -2.42. The van der Waals surface area contributed by atoms with E-state index in [2.05, 4.69) is 12.2 Å². The first-order valence-corrected chi connectivity index (χ1v) is 7.22. The molecule has 0 unspecified atom stereocenters. The van der Waals surface area contributed by atoms with Crippen molar-refractivity contribution in [3.63, 3.8) is 0 Å². The van der Waals surface area contributed by atoms with Gasteiger partial charge in [0.15, 0.2) is 0 Å². The summed E-state index contributed by atoms with van der Waals surface area (Å²) in [6.45, 7) is 4.84. The molecule has 0 saturated heterocycles. The number of halogens is 1. The average molecular weight is 268 g/mol. The SMILES string of the molecule is CCNCCC1(OCc2ccccc2Cl)CCC1. The lowest BCUT2D eigenvalue weighted by molar-refractivity contribution is -0.113. The van der Waals surface area contributed by atoms with Gasteiger partial charge in [0, 0.05) is 5.02 Å². The van der Waals surface area contributed by atoms with Crippen LogP contribution in [0.25, 0.3) is 0 Å². The molecule has 0 aliphatic heterocycles. The molecule has 3 heteroatoms. The molecule has 18 heavy (non-hydrogen) atoms. The summed E-state index contributed by atoms with van der Waals surface area (Å²) in [6, 6.07) is 7.93. The van der Waals surface area contributed by atoms with Crippen LogP contribution in [-0.2, 0) is 11.3 Å². The normalized spacial score (nSPS) is 17.4. The molecule has 1 aliphatic rings. The van der Waals surface area contributed by atoms with Gasteiger partial charge in [-0.25, -0.2) is 0 Å². The summed E-state index contributed by atoms with van der Waals surface area (Å²) in [7, 11) is 0. The van der Waals surface area contributed by atoms with E-state index in [4.69, 9.17) is 16.3 Å². The van der Waals surface area contributed by atoms with E-state index in [1.807, 2.05) is 24.3 Å². The molecule has 1 aliphatic carbocycles. The van der Waals surface area contributed by atoms with Crippen LogP contribution in [0.4, 0.5) is 0 Å². The second-order valence-corrected chi connectivity index (χ2v) is 5.43. The zero-order valence-electron chi connectivity index (χ0n) is 11.0. The van der Waals surface area contributed by atoms with Gasteiger partial charge in [-0.2, -0.15) is 0 Å². The second-order valence-electron chi connectivity index (χ2n) is 5.02. The lowest BCUT2D eigenvalue weighted by Gasteiger charge is -2.42. The molecule has 0 aromatic heterocycles. The van der Waals surface area contributed by atoms with Gasteiger partial charge in [0.1, 0.15) is 0 Å². The summed E-state index contributed by atoms with van der Waals surface area (Å²) < 4.78 is 6.15. The monoisotopic (exact) mass is 267 g/mol. The van der Waals surface area contributed by atoms with Crippen LogP contribution in [-0.4, -0.2) is 18.7 Å². The highest BCUT2D eigenvalue weighted by Crippen LogP contribution is 2.39. The van der Waals surface area contributed by atoms with Gasteiger partial charge in [-0.15, -0.1) is 0 Å². The zero-order valence-corrected chi connectivity index (χ0v) is 11.8. The topological polar surface area (TPSA) is 21.3 Å². The number of nitrogens with one attached hydrogen (secondary N) is 1. The van der Waals surface area contributed by atoms with Crippen LogP contribution in [0.5, 0.6) is 0 Å². The number of hydrogen-bond donors (Lipinski definition) is 1. The van der Waals surface area contributed by atoms with E-state index in [-0.39, 0.29) is 5.60 Å². The molecule has 0 amide bonds. The van der Waals surface area contributed by atoms with Crippen molar-refractivity contribution in [1.29, 1.82) is 0 Å². The highest BCUT2D eigenvalue weighted by Gasteiger charge is 2.37. The van der Waals surface area contributed by atoms with Gasteiger partial charge >= 0.3 is 0 Å². The second kappa shape index (κ2) is 6.55. The van der Waals surface area contributed by atoms with E-state index < -0.39 is 0 Å². The Morgan fingerprint density at radius 2 is 2.11 bits per heavy atom. The summed E-state index contributed by atoms with van der Waals surface area (Å²) in [5.74, 6) is 0. The third-order valence-electron chi connectivity index (χ3n) is 3.76. The Bertz CT molecular complexity index is 377. The minimum absolute atomic E-state index is 0.0986. The highest BCUT2D eigenvalue weighted by atomic mass is 35.5. The Balaban J connectivity index is 1.85. The summed E-state index contributed by atoms with van der Waals surface area (Å²) in [6.07, 6.45) is 4.76. The Morgan fingerprint density at radius 1 is 1.33 bits per heavy atom. The van der Waals surface area contributed by atoms with E-state index >= 15 is 0 Å². The molecule has 1 N–H and O–H groups in total. The fourth-order valence-electron chi connectivity index (χ4n) is 2.38. The van der Waals surface area contributed by atoms with Crippen LogP contribution in [0.15, 0.2) is 24.3 Å². The van der Waals surface area contributed by atoms with Crippen LogP contribution in [0, 0.1) is 0 Å². The Hall–Kier alpha value is -0.570. The molecule has 1 aromatic rings. The van der Waals surface area contributed by atoms with Crippen LogP contribution in [0.2, 0.25) is 5.02 Å². The van der Waals surface area contributed by atoms with Crippen molar-refractivity contribution in [3.8, 4) is 0 Å². The van der Waals surface area contributed by atoms with Gasteiger partial charge in [-0.05, 0) is 50.4 Å². The Labute approximate surface area is 115 Å². The molecule has 2 rings (SSSR count). The van der Waals surface area contributed by atoms with Gasteiger partial charge in [0.25, 0.3) is 0 Å². The first kappa shape index (κ1) is 13.9. The molecular formula is C15H22ClNO. The molecule has 2 nitrogen and oxygen atoms in total. The van der Waals surface area contributed by atoms with Crippen LogP contribution in [0.3, 0.4) is 0 Å². The van der Waals surface area contributed by atoms with E-state index in [0.717, 1.165) is 30.1 Å². The van der Waals surface area contributed by atoms with Gasteiger partial charge in [0.05, 0.1) is 12.2 Å². The minimum Gasteiger partial charge on any atom is -0.370 e. The third-order valence-corrected chi connectivity index (χ3v) is 4.13. The summed E-state index contributed by atoms with van der Waals surface area (Å²) in [5, 5.41) is 4.18. The largest absolute Gasteiger partial charge is 0.370 e. The standard InChI is InChI=1S/C15H22ClNO/c1-2-17-11-10-15(8-5-9-15)18-12-13-6-3-4-7-14(13)16/h3-4,6-7,17H,2,5,8-12H2,1H3. The molecular weight excluding hydrogens is 246 g/mol.